The van der Waals surface area contributed by atoms with E-state index < -0.39 is 34.6 Å². The van der Waals surface area contributed by atoms with Gasteiger partial charge in [0.2, 0.25) is 5.82 Å². The minimum absolute atomic E-state index is 0.543. The van der Waals surface area contributed by atoms with Crippen molar-refractivity contribution < 1.29 is 26.7 Å². The van der Waals surface area contributed by atoms with Crippen molar-refractivity contribution in [2.24, 2.45) is 0 Å². The lowest BCUT2D eigenvalue weighted by molar-refractivity contribution is 0.377. The predicted molar refractivity (Wildman–Crippen MR) is 71.9 cm³/mol. The van der Waals surface area contributed by atoms with E-state index in [0.717, 1.165) is 12.3 Å². The second-order valence-corrected chi connectivity index (χ2v) is 4.19. The number of hydrogen-bond donors (Lipinski definition) is 1. The lowest BCUT2D eigenvalue weighted by atomic mass is 10.1. The monoisotopic (exact) mass is 315 g/mol. The summed E-state index contributed by atoms with van der Waals surface area (Å²) in [6, 6.07) is 6.49. The third-order valence-corrected chi connectivity index (χ3v) is 2.83. The van der Waals surface area contributed by atoms with Crippen molar-refractivity contribution in [3.63, 3.8) is 0 Å². The summed E-state index contributed by atoms with van der Waals surface area (Å²) in [5.74, 6) is -9.32. The molecule has 0 aromatic heterocycles. The molecule has 0 heterocycles. The van der Waals surface area contributed by atoms with Gasteiger partial charge < -0.3 is 10.1 Å². The molecule has 22 heavy (non-hydrogen) atoms. The number of methoxy groups -OCH3 is 1. The first kappa shape index (κ1) is 15.8. The van der Waals surface area contributed by atoms with Crippen LogP contribution in [0.1, 0.15) is 5.56 Å². The van der Waals surface area contributed by atoms with Gasteiger partial charge in [-0.2, -0.15) is 0 Å². The van der Waals surface area contributed by atoms with E-state index >= 15 is 0 Å². The van der Waals surface area contributed by atoms with Gasteiger partial charge in [0.25, 0.3) is 0 Å². The van der Waals surface area contributed by atoms with E-state index in [1.54, 1.807) is 24.3 Å². The number of halogens is 5. The van der Waals surface area contributed by atoms with Crippen molar-refractivity contribution >= 4 is 11.8 Å². The summed E-state index contributed by atoms with van der Waals surface area (Å²) in [5, 5.41) is 2.64. The van der Waals surface area contributed by atoms with Crippen LogP contribution in [-0.4, -0.2) is 7.11 Å². The predicted octanol–water partition coefficient (Wildman–Crippen LogP) is 4.47. The zero-order valence-electron chi connectivity index (χ0n) is 11.3. The Labute approximate surface area is 122 Å². The number of rotatable bonds is 4. The van der Waals surface area contributed by atoms with Gasteiger partial charge in [0.05, 0.1) is 12.7 Å². The summed E-state index contributed by atoms with van der Waals surface area (Å²) in [6.45, 7) is 0. The molecule has 0 aliphatic heterocycles. The molecule has 0 amide bonds. The van der Waals surface area contributed by atoms with E-state index in [1.807, 2.05) is 0 Å². The third-order valence-electron chi connectivity index (χ3n) is 2.83. The Bertz CT molecular complexity index is 684. The average molecular weight is 315 g/mol. The Kier molecular flexibility index (Phi) is 4.65. The standard InChI is InChI=1S/C15H10F5NO/c1-22-9-4-2-8(3-5-9)21-7-6-10-11(16)13(18)15(20)14(19)12(10)17/h2-7,21H,1H3. The highest BCUT2D eigenvalue weighted by atomic mass is 19.2. The Morgan fingerprint density at radius 1 is 0.818 bits per heavy atom. The normalized spacial score (nSPS) is 11.0. The summed E-state index contributed by atoms with van der Waals surface area (Å²) in [5.41, 5.74) is -0.474. The van der Waals surface area contributed by atoms with Gasteiger partial charge >= 0.3 is 0 Å². The summed E-state index contributed by atoms with van der Waals surface area (Å²) < 4.78 is 70.7. The highest BCUT2D eigenvalue weighted by Gasteiger charge is 2.24. The number of anilines is 1. The second-order valence-electron chi connectivity index (χ2n) is 4.19. The molecule has 0 radical (unpaired) electrons. The van der Waals surface area contributed by atoms with E-state index in [-0.39, 0.29) is 0 Å². The zero-order chi connectivity index (χ0) is 16.3. The topological polar surface area (TPSA) is 21.3 Å². The fourth-order valence-electron chi connectivity index (χ4n) is 1.68. The molecule has 1 N–H and O–H groups in total. The van der Waals surface area contributed by atoms with Crippen molar-refractivity contribution in [3.8, 4) is 5.75 Å². The van der Waals surface area contributed by atoms with Crippen LogP contribution in [0.4, 0.5) is 27.6 Å². The largest absolute Gasteiger partial charge is 0.497 e. The Balaban J connectivity index is 2.23. The maximum atomic E-state index is 13.4. The molecule has 0 saturated carbocycles. The first-order valence-corrected chi connectivity index (χ1v) is 6.04. The molecule has 2 aromatic carbocycles. The van der Waals surface area contributed by atoms with Crippen molar-refractivity contribution in [1.29, 1.82) is 0 Å². The zero-order valence-corrected chi connectivity index (χ0v) is 11.3. The second kappa shape index (κ2) is 6.46. The molecule has 0 spiro atoms. The molecule has 0 atom stereocenters. The van der Waals surface area contributed by atoms with Crippen molar-refractivity contribution in [3.05, 3.63) is 65.1 Å². The molecule has 2 nitrogen and oxygen atoms in total. The summed E-state index contributed by atoms with van der Waals surface area (Å²) in [7, 11) is 1.49. The van der Waals surface area contributed by atoms with Crippen molar-refractivity contribution in [1.82, 2.24) is 0 Å². The maximum absolute atomic E-state index is 13.4. The molecule has 0 aliphatic carbocycles. The maximum Gasteiger partial charge on any atom is 0.200 e. The molecular formula is C15H10F5NO. The van der Waals surface area contributed by atoms with Crippen LogP contribution in [0.25, 0.3) is 6.08 Å². The van der Waals surface area contributed by atoms with Gasteiger partial charge in [-0.1, -0.05) is 0 Å². The quantitative estimate of drug-likeness (QED) is 0.510. The molecule has 0 saturated heterocycles. The Hall–Kier alpha value is -2.57. The first-order chi connectivity index (χ1) is 10.5. The minimum atomic E-state index is -2.18. The van der Waals surface area contributed by atoms with Crippen LogP contribution >= 0.6 is 0 Å². The van der Waals surface area contributed by atoms with Crippen LogP contribution in [0.2, 0.25) is 0 Å². The molecule has 0 bridgehead atoms. The van der Waals surface area contributed by atoms with Gasteiger partial charge in [-0.15, -0.1) is 0 Å². The van der Waals surface area contributed by atoms with Crippen molar-refractivity contribution in [2.45, 2.75) is 0 Å². The van der Waals surface area contributed by atoms with Gasteiger partial charge in [-0.25, -0.2) is 22.0 Å². The van der Waals surface area contributed by atoms with Gasteiger partial charge in [0.1, 0.15) is 5.75 Å². The third kappa shape index (κ3) is 3.03. The molecule has 0 aliphatic rings. The van der Waals surface area contributed by atoms with Crippen molar-refractivity contribution in [2.75, 3.05) is 12.4 Å². The lowest BCUT2D eigenvalue weighted by Crippen LogP contribution is -2.04. The molecule has 0 unspecified atom stereocenters. The van der Waals surface area contributed by atoms with Crippen LogP contribution in [-0.2, 0) is 0 Å². The molecule has 2 rings (SSSR count). The van der Waals surface area contributed by atoms with Gasteiger partial charge in [-0.05, 0) is 30.3 Å². The number of benzene rings is 2. The van der Waals surface area contributed by atoms with Crippen LogP contribution in [0, 0.1) is 29.1 Å². The van der Waals surface area contributed by atoms with Gasteiger partial charge in [0, 0.05) is 11.9 Å². The Morgan fingerprint density at radius 2 is 1.32 bits per heavy atom. The van der Waals surface area contributed by atoms with E-state index in [1.165, 1.54) is 7.11 Å². The molecule has 0 fully saturated rings. The van der Waals surface area contributed by atoms with Crippen LogP contribution in [0.15, 0.2) is 30.5 Å². The minimum Gasteiger partial charge on any atom is -0.497 e. The molecule has 2 aromatic rings. The van der Waals surface area contributed by atoms with Crippen LogP contribution in [0.3, 0.4) is 0 Å². The van der Waals surface area contributed by atoms with E-state index in [4.69, 9.17) is 4.74 Å². The fraction of sp³-hybridized carbons (Fsp3) is 0.0667. The smallest absolute Gasteiger partial charge is 0.200 e. The van der Waals surface area contributed by atoms with E-state index in [2.05, 4.69) is 5.32 Å². The molecule has 7 heteroatoms. The average Bonchev–Trinajstić information content (AvgIpc) is 2.55. The Morgan fingerprint density at radius 3 is 1.82 bits per heavy atom. The first-order valence-electron chi connectivity index (χ1n) is 6.04. The van der Waals surface area contributed by atoms with Crippen LogP contribution < -0.4 is 10.1 Å². The number of hydrogen-bond acceptors (Lipinski definition) is 2. The summed E-state index contributed by atoms with van der Waals surface area (Å²) >= 11 is 0. The summed E-state index contributed by atoms with van der Waals surface area (Å²) in [6.07, 6.45) is 1.83. The lowest BCUT2D eigenvalue weighted by Gasteiger charge is -2.05. The highest BCUT2D eigenvalue weighted by molar-refractivity contribution is 5.57. The SMILES string of the molecule is COc1ccc(NC=Cc2c(F)c(F)c(F)c(F)c2F)cc1. The highest BCUT2D eigenvalue weighted by Crippen LogP contribution is 2.24. The summed E-state index contributed by atoms with van der Waals surface area (Å²) in [4.78, 5) is 0. The number of nitrogens with one attached hydrogen (secondary N) is 1. The van der Waals surface area contributed by atoms with Gasteiger partial charge in [0.15, 0.2) is 23.3 Å². The molecule has 116 valence electrons. The number of ether oxygens (including phenoxy) is 1. The van der Waals surface area contributed by atoms with Gasteiger partial charge in [-0.3, -0.25) is 0 Å². The van der Waals surface area contributed by atoms with E-state index in [0.29, 0.717) is 11.4 Å². The molecular weight excluding hydrogens is 305 g/mol. The fourth-order valence-corrected chi connectivity index (χ4v) is 1.68. The van der Waals surface area contributed by atoms with E-state index in [9.17, 15) is 22.0 Å². The van der Waals surface area contributed by atoms with Crippen LogP contribution in [0.5, 0.6) is 5.75 Å².